The third kappa shape index (κ3) is 4.68. The molecule has 2 aromatic rings. The molecule has 4 N–H and O–H groups in total. The average Bonchev–Trinajstić information content (AvgIpc) is 3.12. The lowest BCUT2D eigenvalue weighted by molar-refractivity contribution is -0.194. The van der Waals surface area contributed by atoms with Crippen LogP contribution in [0.1, 0.15) is 30.6 Å². The molecule has 0 radical (unpaired) electrons. The van der Waals surface area contributed by atoms with E-state index in [1.807, 2.05) is 31.2 Å². The summed E-state index contributed by atoms with van der Waals surface area (Å²) in [6, 6.07) is 12.5. The van der Waals surface area contributed by atoms with Crippen LogP contribution in [0, 0.1) is 3.57 Å². The van der Waals surface area contributed by atoms with Crippen molar-refractivity contribution >= 4 is 34.5 Å². The third-order valence-corrected chi connectivity index (χ3v) is 5.63. The number of benzene rings is 2. The van der Waals surface area contributed by atoms with Crippen LogP contribution in [0.4, 0.5) is 0 Å². The van der Waals surface area contributed by atoms with Gasteiger partial charge in [-0.3, -0.25) is 0 Å². The first kappa shape index (κ1) is 22.3. The molecule has 160 valence electrons. The fourth-order valence-electron chi connectivity index (χ4n) is 3.17. The first-order valence-electron chi connectivity index (χ1n) is 9.39. The molecule has 0 spiro atoms. The maximum atomic E-state index is 11.4. The van der Waals surface area contributed by atoms with Crippen LogP contribution in [-0.4, -0.2) is 45.6 Å². The van der Waals surface area contributed by atoms with Gasteiger partial charge in [0.1, 0.15) is 0 Å². The number of rotatable bonds is 9. The van der Waals surface area contributed by atoms with Gasteiger partial charge in [-0.15, -0.1) is 0 Å². The summed E-state index contributed by atoms with van der Waals surface area (Å²) in [5.74, 6) is -6.08. The Kier molecular flexibility index (Phi) is 6.84. The summed E-state index contributed by atoms with van der Waals surface area (Å²) in [6.07, 6.45) is 0.737. The highest BCUT2D eigenvalue weighted by atomic mass is 127. The fraction of sp³-hybridized carbons (Fsp3) is 0.333. The zero-order chi connectivity index (χ0) is 21.9. The molecule has 30 heavy (non-hydrogen) atoms. The van der Waals surface area contributed by atoms with Crippen molar-refractivity contribution in [3.05, 3.63) is 57.2 Å². The molecule has 1 aliphatic heterocycles. The SMILES string of the molecule is CCC(Cc1ccc2c(c1)OC(C(=O)O)(C(=O)O)O2)NCC(O)c1ccc(I)cc1. The summed E-state index contributed by atoms with van der Waals surface area (Å²) in [5, 5.41) is 32.2. The number of nitrogens with one attached hydrogen (secondary N) is 1. The normalized spacial score (nSPS) is 16.1. The Balaban J connectivity index is 1.64. The minimum atomic E-state index is -2.76. The average molecular weight is 527 g/mol. The molecule has 0 aromatic heterocycles. The molecule has 0 fully saturated rings. The maximum Gasteiger partial charge on any atom is 0.453 e. The fourth-order valence-corrected chi connectivity index (χ4v) is 3.53. The highest BCUT2D eigenvalue weighted by Crippen LogP contribution is 2.40. The van der Waals surface area contributed by atoms with Crippen LogP contribution in [0.5, 0.6) is 11.5 Å². The second kappa shape index (κ2) is 9.19. The van der Waals surface area contributed by atoms with Gasteiger partial charge in [0.05, 0.1) is 6.10 Å². The number of hydrogen-bond donors (Lipinski definition) is 4. The zero-order valence-electron chi connectivity index (χ0n) is 16.2. The van der Waals surface area contributed by atoms with Crippen LogP contribution >= 0.6 is 22.6 Å². The lowest BCUT2D eigenvalue weighted by Crippen LogP contribution is -2.54. The highest BCUT2D eigenvalue weighted by Gasteiger charge is 2.57. The van der Waals surface area contributed by atoms with Gasteiger partial charge in [0.15, 0.2) is 11.5 Å². The molecule has 2 atom stereocenters. The number of hydrogen-bond acceptors (Lipinski definition) is 6. The van der Waals surface area contributed by atoms with E-state index in [1.165, 1.54) is 6.07 Å². The van der Waals surface area contributed by atoms with Gasteiger partial charge in [0.25, 0.3) is 0 Å². The number of halogens is 1. The Morgan fingerprint density at radius 2 is 1.70 bits per heavy atom. The first-order valence-corrected chi connectivity index (χ1v) is 10.5. The summed E-state index contributed by atoms with van der Waals surface area (Å²) in [5.41, 5.74) is 1.66. The quantitative estimate of drug-likeness (QED) is 0.290. The molecule has 0 saturated carbocycles. The monoisotopic (exact) mass is 527 g/mol. The van der Waals surface area contributed by atoms with Gasteiger partial charge >= 0.3 is 17.7 Å². The van der Waals surface area contributed by atoms with E-state index in [9.17, 15) is 24.9 Å². The molecule has 1 aliphatic rings. The molecule has 3 rings (SSSR count). The van der Waals surface area contributed by atoms with E-state index in [-0.39, 0.29) is 17.5 Å². The number of fused-ring (bicyclic) bond motifs is 1. The van der Waals surface area contributed by atoms with Crippen molar-refractivity contribution in [2.24, 2.45) is 0 Å². The number of aliphatic carboxylic acids is 2. The third-order valence-electron chi connectivity index (χ3n) is 4.91. The Morgan fingerprint density at radius 3 is 2.30 bits per heavy atom. The topological polar surface area (TPSA) is 125 Å². The molecule has 0 bridgehead atoms. The molecule has 0 saturated heterocycles. The van der Waals surface area contributed by atoms with Crippen LogP contribution < -0.4 is 14.8 Å². The van der Waals surface area contributed by atoms with Gasteiger partial charge in [-0.1, -0.05) is 25.1 Å². The first-order chi connectivity index (χ1) is 14.2. The van der Waals surface area contributed by atoms with E-state index in [1.54, 1.807) is 12.1 Å². The number of aliphatic hydroxyl groups excluding tert-OH is 1. The summed E-state index contributed by atoms with van der Waals surface area (Å²) in [7, 11) is 0. The zero-order valence-corrected chi connectivity index (χ0v) is 18.3. The minimum absolute atomic E-state index is 0.0487. The lowest BCUT2D eigenvalue weighted by Gasteiger charge is -2.20. The Labute approximate surface area is 187 Å². The number of carboxylic acids is 2. The molecule has 1 heterocycles. The van der Waals surface area contributed by atoms with E-state index >= 15 is 0 Å². The number of carboxylic acid groups (broad SMARTS) is 2. The van der Waals surface area contributed by atoms with Gasteiger partial charge in [-0.25, -0.2) is 9.59 Å². The smallest absolute Gasteiger partial charge is 0.453 e. The van der Waals surface area contributed by atoms with E-state index in [0.29, 0.717) is 13.0 Å². The van der Waals surface area contributed by atoms with Crippen molar-refractivity contribution in [3.63, 3.8) is 0 Å². The van der Waals surface area contributed by atoms with Gasteiger partial charge in [0, 0.05) is 16.2 Å². The maximum absolute atomic E-state index is 11.4. The van der Waals surface area contributed by atoms with Crippen molar-refractivity contribution in [1.29, 1.82) is 0 Å². The van der Waals surface area contributed by atoms with Crippen LogP contribution in [0.15, 0.2) is 42.5 Å². The van der Waals surface area contributed by atoms with Gasteiger partial charge < -0.3 is 30.1 Å². The Bertz CT molecular complexity index is 917. The van der Waals surface area contributed by atoms with E-state index in [2.05, 4.69) is 27.9 Å². The molecule has 0 amide bonds. The van der Waals surface area contributed by atoms with E-state index in [4.69, 9.17) is 9.47 Å². The predicted octanol–water partition coefficient (Wildman–Crippen LogP) is 2.57. The molecular formula is C21H22INO7. The van der Waals surface area contributed by atoms with E-state index in [0.717, 1.165) is 21.1 Å². The van der Waals surface area contributed by atoms with Crippen molar-refractivity contribution in [1.82, 2.24) is 5.32 Å². The van der Waals surface area contributed by atoms with Crippen molar-refractivity contribution < 1.29 is 34.4 Å². The largest absolute Gasteiger partial charge is 0.475 e. The van der Waals surface area contributed by atoms with Crippen LogP contribution in [0.2, 0.25) is 0 Å². The number of ether oxygens (including phenoxy) is 2. The summed E-state index contributed by atoms with van der Waals surface area (Å²) < 4.78 is 11.3. The Morgan fingerprint density at radius 1 is 1.07 bits per heavy atom. The van der Waals surface area contributed by atoms with Gasteiger partial charge in [-0.2, -0.15) is 0 Å². The molecule has 0 aliphatic carbocycles. The number of aliphatic hydroxyl groups is 1. The van der Waals surface area contributed by atoms with Crippen molar-refractivity contribution in [2.75, 3.05) is 6.54 Å². The highest BCUT2D eigenvalue weighted by molar-refractivity contribution is 14.1. The second-order valence-corrected chi connectivity index (χ2v) is 8.24. The second-order valence-electron chi connectivity index (χ2n) is 7.00. The summed E-state index contributed by atoms with van der Waals surface area (Å²) in [4.78, 5) is 22.7. The minimum Gasteiger partial charge on any atom is -0.475 e. The van der Waals surface area contributed by atoms with Gasteiger partial charge in [0.2, 0.25) is 0 Å². The van der Waals surface area contributed by atoms with E-state index < -0.39 is 23.8 Å². The molecule has 8 nitrogen and oxygen atoms in total. The summed E-state index contributed by atoms with van der Waals surface area (Å²) >= 11 is 2.21. The van der Waals surface area contributed by atoms with Crippen molar-refractivity contribution in [3.8, 4) is 11.5 Å². The number of carbonyl (C=O) groups is 2. The predicted molar refractivity (Wildman–Crippen MR) is 116 cm³/mol. The van der Waals surface area contributed by atoms with Crippen LogP contribution in [0.25, 0.3) is 0 Å². The molecular weight excluding hydrogens is 505 g/mol. The summed E-state index contributed by atoms with van der Waals surface area (Å²) in [6.45, 7) is 2.40. The van der Waals surface area contributed by atoms with Gasteiger partial charge in [-0.05, 0) is 70.8 Å². The van der Waals surface area contributed by atoms with Crippen molar-refractivity contribution in [2.45, 2.75) is 37.7 Å². The molecule has 9 heteroatoms. The Hall–Kier alpha value is -2.37. The lowest BCUT2D eigenvalue weighted by atomic mass is 10.0. The standard InChI is InChI=1S/C21H22INO7/c1-2-15(23-11-16(24)13-4-6-14(22)7-5-13)9-12-3-8-17-18(10-12)30-21(29-17,19(25)26)20(27)28/h3-8,10,15-16,23-24H,2,9,11H2,1H3,(H,25,26)(H,27,28). The molecule has 2 aromatic carbocycles. The van der Waals surface area contributed by atoms with Crippen LogP contribution in [-0.2, 0) is 16.0 Å². The molecule has 2 unspecified atom stereocenters. The van der Waals surface area contributed by atoms with Crippen LogP contribution in [0.3, 0.4) is 0 Å².